The van der Waals surface area contributed by atoms with Crippen molar-refractivity contribution in [3.63, 3.8) is 0 Å². The van der Waals surface area contributed by atoms with Crippen LogP contribution in [-0.4, -0.2) is 27.9 Å². The summed E-state index contributed by atoms with van der Waals surface area (Å²) in [7, 11) is 0. The lowest BCUT2D eigenvalue weighted by atomic mass is 10.2. The largest absolute Gasteiger partial charge is 0.480 e. The molecular weight excluding hydrogens is 146 g/mol. The smallest absolute Gasteiger partial charge is 0.327 e. The van der Waals surface area contributed by atoms with E-state index in [1.54, 1.807) is 6.08 Å². The van der Waals surface area contributed by atoms with E-state index in [0.29, 0.717) is 6.42 Å². The molecule has 0 radical (unpaired) electrons. The molecule has 1 aliphatic rings. The minimum Gasteiger partial charge on any atom is -0.480 e. The van der Waals surface area contributed by atoms with Gasteiger partial charge in [0.2, 0.25) is 5.91 Å². The molecule has 4 heteroatoms. The van der Waals surface area contributed by atoms with Gasteiger partial charge in [-0.15, -0.1) is 0 Å². The van der Waals surface area contributed by atoms with Gasteiger partial charge < -0.3 is 10.0 Å². The fourth-order valence-corrected chi connectivity index (χ4v) is 1.06. The third kappa shape index (κ3) is 1.39. The molecule has 0 bridgehead atoms. The second kappa shape index (κ2) is 2.74. The monoisotopic (exact) mass is 155 g/mol. The van der Waals surface area contributed by atoms with E-state index in [2.05, 4.69) is 0 Å². The van der Waals surface area contributed by atoms with Crippen LogP contribution >= 0.6 is 0 Å². The highest BCUT2D eigenvalue weighted by atomic mass is 16.4. The Kier molecular flexibility index (Phi) is 1.94. The highest BCUT2D eigenvalue weighted by Gasteiger charge is 2.28. The van der Waals surface area contributed by atoms with Crippen LogP contribution in [-0.2, 0) is 9.59 Å². The number of carbonyl (C=O) groups excluding carboxylic acids is 1. The summed E-state index contributed by atoms with van der Waals surface area (Å²) >= 11 is 0. The lowest BCUT2D eigenvalue weighted by Gasteiger charge is -2.17. The molecule has 0 unspecified atom stereocenters. The molecule has 1 amide bonds. The molecule has 0 aromatic rings. The van der Waals surface area contributed by atoms with Crippen LogP contribution in [0.5, 0.6) is 0 Å². The molecule has 1 aliphatic heterocycles. The average Bonchev–Trinajstić information content (AvgIpc) is 2.32. The van der Waals surface area contributed by atoms with Crippen LogP contribution in [0.3, 0.4) is 0 Å². The van der Waals surface area contributed by atoms with Gasteiger partial charge >= 0.3 is 5.97 Å². The molecule has 0 saturated heterocycles. The first-order valence-electron chi connectivity index (χ1n) is 3.31. The molecular formula is C7H9NO3. The summed E-state index contributed by atoms with van der Waals surface area (Å²) in [4.78, 5) is 22.5. The maximum atomic E-state index is 10.8. The minimum atomic E-state index is -0.954. The van der Waals surface area contributed by atoms with Crippen molar-refractivity contribution < 1.29 is 14.7 Å². The standard InChI is InChI=1S/C7H9NO3/c1-5(9)8-4-2-3-6(8)7(10)11/h2,4,6H,3H2,1H3,(H,10,11)/t6-/m0/s1. The maximum Gasteiger partial charge on any atom is 0.327 e. The lowest BCUT2D eigenvalue weighted by molar-refractivity contribution is -0.146. The van der Waals surface area contributed by atoms with Crippen molar-refractivity contribution in [1.82, 2.24) is 4.90 Å². The number of carboxylic acids is 1. The van der Waals surface area contributed by atoms with E-state index in [1.165, 1.54) is 18.0 Å². The number of hydrogen-bond acceptors (Lipinski definition) is 2. The van der Waals surface area contributed by atoms with Gasteiger partial charge in [0, 0.05) is 13.1 Å². The highest BCUT2D eigenvalue weighted by molar-refractivity contribution is 5.84. The number of aliphatic carboxylic acids is 1. The second-order valence-electron chi connectivity index (χ2n) is 2.40. The predicted octanol–water partition coefficient (Wildman–Crippen LogP) is 0.206. The Morgan fingerprint density at radius 1 is 1.64 bits per heavy atom. The Labute approximate surface area is 64.1 Å². The molecule has 1 rings (SSSR count). The van der Waals surface area contributed by atoms with Gasteiger partial charge in [0.25, 0.3) is 0 Å². The first-order chi connectivity index (χ1) is 5.13. The summed E-state index contributed by atoms with van der Waals surface area (Å²) < 4.78 is 0. The quantitative estimate of drug-likeness (QED) is 0.588. The second-order valence-corrected chi connectivity index (χ2v) is 2.40. The van der Waals surface area contributed by atoms with Crippen LogP contribution in [0.4, 0.5) is 0 Å². The summed E-state index contributed by atoms with van der Waals surface area (Å²) in [6.45, 7) is 1.35. The Bertz CT molecular complexity index is 222. The summed E-state index contributed by atoms with van der Waals surface area (Å²) in [5, 5.41) is 8.60. The average molecular weight is 155 g/mol. The number of nitrogens with zero attached hydrogens (tertiary/aromatic N) is 1. The van der Waals surface area contributed by atoms with E-state index < -0.39 is 12.0 Å². The fourth-order valence-electron chi connectivity index (χ4n) is 1.06. The summed E-state index contributed by atoms with van der Waals surface area (Å²) in [5.41, 5.74) is 0. The Balaban J connectivity index is 2.71. The Morgan fingerprint density at radius 3 is 2.64 bits per heavy atom. The highest BCUT2D eigenvalue weighted by Crippen LogP contribution is 2.14. The normalized spacial score (nSPS) is 22.3. The molecule has 0 aliphatic carbocycles. The zero-order valence-electron chi connectivity index (χ0n) is 6.15. The van der Waals surface area contributed by atoms with Crippen molar-refractivity contribution in [2.24, 2.45) is 0 Å². The molecule has 1 atom stereocenters. The van der Waals surface area contributed by atoms with Gasteiger partial charge in [0.1, 0.15) is 6.04 Å². The number of hydrogen-bond donors (Lipinski definition) is 1. The van der Waals surface area contributed by atoms with Gasteiger partial charge in [-0.2, -0.15) is 0 Å². The SMILES string of the molecule is CC(=O)N1C=CC[C@H]1C(=O)O. The molecule has 4 nitrogen and oxygen atoms in total. The van der Waals surface area contributed by atoms with Crippen molar-refractivity contribution in [3.05, 3.63) is 12.3 Å². The van der Waals surface area contributed by atoms with Crippen molar-refractivity contribution in [2.45, 2.75) is 19.4 Å². The molecule has 0 fully saturated rings. The molecule has 0 spiro atoms. The molecule has 1 N–H and O–H groups in total. The number of carboxylic acid groups (broad SMARTS) is 1. The van der Waals surface area contributed by atoms with Gasteiger partial charge in [-0.3, -0.25) is 4.79 Å². The number of carbonyl (C=O) groups is 2. The topological polar surface area (TPSA) is 57.6 Å². The number of rotatable bonds is 1. The van der Waals surface area contributed by atoms with Crippen LogP contribution in [0.15, 0.2) is 12.3 Å². The Morgan fingerprint density at radius 2 is 2.27 bits per heavy atom. The van der Waals surface area contributed by atoms with E-state index in [-0.39, 0.29) is 5.91 Å². The van der Waals surface area contributed by atoms with Crippen LogP contribution in [0.25, 0.3) is 0 Å². The Hall–Kier alpha value is -1.32. The summed E-state index contributed by atoms with van der Waals surface area (Å²) in [6, 6.07) is -0.688. The summed E-state index contributed by atoms with van der Waals surface area (Å²) in [6.07, 6.45) is 3.61. The van der Waals surface area contributed by atoms with E-state index in [0.717, 1.165) is 0 Å². The zero-order chi connectivity index (χ0) is 8.43. The molecule has 0 aromatic carbocycles. The predicted molar refractivity (Wildman–Crippen MR) is 37.7 cm³/mol. The van der Waals surface area contributed by atoms with Crippen molar-refractivity contribution in [2.75, 3.05) is 0 Å². The first-order valence-corrected chi connectivity index (χ1v) is 3.31. The third-order valence-electron chi connectivity index (χ3n) is 1.61. The van der Waals surface area contributed by atoms with Crippen LogP contribution < -0.4 is 0 Å². The maximum absolute atomic E-state index is 10.8. The molecule has 0 saturated carbocycles. The van der Waals surface area contributed by atoms with E-state index in [4.69, 9.17) is 5.11 Å². The van der Waals surface area contributed by atoms with Gasteiger partial charge in [-0.05, 0) is 6.42 Å². The van der Waals surface area contributed by atoms with Crippen LogP contribution in [0.1, 0.15) is 13.3 Å². The van der Waals surface area contributed by atoms with Gasteiger partial charge in [-0.1, -0.05) is 6.08 Å². The molecule has 0 aromatic heterocycles. The third-order valence-corrected chi connectivity index (χ3v) is 1.61. The lowest BCUT2D eigenvalue weighted by Crippen LogP contribution is -2.37. The fraction of sp³-hybridized carbons (Fsp3) is 0.429. The van der Waals surface area contributed by atoms with Gasteiger partial charge in [0.15, 0.2) is 0 Å². The van der Waals surface area contributed by atoms with Crippen molar-refractivity contribution in [1.29, 1.82) is 0 Å². The van der Waals surface area contributed by atoms with E-state index in [1.807, 2.05) is 0 Å². The van der Waals surface area contributed by atoms with Crippen LogP contribution in [0, 0.1) is 0 Å². The molecule has 11 heavy (non-hydrogen) atoms. The van der Waals surface area contributed by atoms with Gasteiger partial charge in [-0.25, -0.2) is 4.79 Å². The first kappa shape index (κ1) is 7.78. The van der Waals surface area contributed by atoms with Gasteiger partial charge in [0.05, 0.1) is 0 Å². The zero-order valence-corrected chi connectivity index (χ0v) is 6.15. The van der Waals surface area contributed by atoms with Crippen molar-refractivity contribution in [3.8, 4) is 0 Å². The van der Waals surface area contributed by atoms with E-state index >= 15 is 0 Å². The van der Waals surface area contributed by atoms with Crippen molar-refractivity contribution >= 4 is 11.9 Å². The molecule has 60 valence electrons. The molecule has 1 heterocycles. The minimum absolute atomic E-state index is 0.230. The summed E-state index contributed by atoms with van der Waals surface area (Å²) in [5.74, 6) is -1.18. The number of amides is 1. The van der Waals surface area contributed by atoms with E-state index in [9.17, 15) is 9.59 Å². The van der Waals surface area contributed by atoms with Crippen LogP contribution in [0.2, 0.25) is 0 Å².